The zero-order valence-electron chi connectivity index (χ0n) is 20.4. The van der Waals surface area contributed by atoms with Crippen LogP contribution < -0.4 is 4.74 Å². The normalized spacial score (nSPS) is 20.0. The number of carbonyl (C=O) groups excluding carboxylic acids is 2. The Balaban J connectivity index is 1.64. The van der Waals surface area contributed by atoms with Crippen molar-refractivity contribution >= 4 is 22.6 Å². The molecule has 0 bridgehead atoms. The number of rotatable bonds is 5. The summed E-state index contributed by atoms with van der Waals surface area (Å²) in [4.78, 5) is 30.0. The number of ether oxygens (including phenoxy) is 2. The molecule has 4 aromatic rings. The first-order valence-corrected chi connectivity index (χ1v) is 12.3. The lowest BCUT2D eigenvalue weighted by Crippen LogP contribution is -2.54. The predicted octanol–water partition coefficient (Wildman–Crippen LogP) is 5.60. The van der Waals surface area contributed by atoms with Gasteiger partial charge in [-0.05, 0) is 64.6 Å². The van der Waals surface area contributed by atoms with Gasteiger partial charge in [0.05, 0.1) is 19.8 Å². The van der Waals surface area contributed by atoms with Gasteiger partial charge in [0.1, 0.15) is 11.2 Å². The van der Waals surface area contributed by atoms with Crippen LogP contribution in [0.15, 0.2) is 84.9 Å². The molecule has 5 heteroatoms. The summed E-state index contributed by atoms with van der Waals surface area (Å²) >= 11 is 0. The third-order valence-electron chi connectivity index (χ3n) is 7.58. The molecule has 36 heavy (non-hydrogen) atoms. The third kappa shape index (κ3) is 3.23. The van der Waals surface area contributed by atoms with E-state index in [9.17, 15) is 9.59 Å². The SMILES string of the molecule is CCOC(=O)[C@]12Cc3cc4ccccc4cc3[C@H]1N(Cc1ccccc1)C(=O)c1cc(OC)ccc12. The number of methoxy groups -OCH3 is 1. The molecule has 0 fully saturated rings. The molecule has 1 aliphatic heterocycles. The summed E-state index contributed by atoms with van der Waals surface area (Å²) in [6, 6.07) is 27.4. The Kier molecular flexibility index (Phi) is 5.29. The molecule has 2 aliphatic rings. The van der Waals surface area contributed by atoms with Gasteiger partial charge in [-0.3, -0.25) is 9.59 Å². The zero-order chi connectivity index (χ0) is 24.9. The molecule has 1 heterocycles. The van der Waals surface area contributed by atoms with Gasteiger partial charge in [0.2, 0.25) is 0 Å². The van der Waals surface area contributed by atoms with Crippen molar-refractivity contribution in [2.45, 2.75) is 31.3 Å². The van der Waals surface area contributed by atoms with Crippen molar-refractivity contribution in [3.63, 3.8) is 0 Å². The molecule has 0 unspecified atom stereocenters. The van der Waals surface area contributed by atoms with Crippen molar-refractivity contribution in [3.8, 4) is 5.75 Å². The molecule has 0 radical (unpaired) electrons. The van der Waals surface area contributed by atoms with E-state index in [1.807, 2.05) is 66.4 Å². The molecular weight excluding hydrogens is 450 g/mol. The van der Waals surface area contributed by atoms with Crippen LogP contribution in [0.1, 0.15) is 45.6 Å². The Hall–Kier alpha value is -4.12. The molecular formula is C31H27NO4. The summed E-state index contributed by atoms with van der Waals surface area (Å²) in [5, 5.41) is 2.20. The van der Waals surface area contributed by atoms with E-state index in [-0.39, 0.29) is 18.5 Å². The maximum atomic E-state index is 14.1. The summed E-state index contributed by atoms with van der Waals surface area (Å²) in [5.74, 6) is 0.173. The zero-order valence-corrected chi connectivity index (χ0v) is 20.4. The van der Waals surface area contributed by atoms with Crippen molar-refractivity contribution in [1.82, 2.24) is 4.90 Å². The average Bonchev–Trinajstić information content (AvgIpc) is 3.25. The highest BCUT2D eigenvalue weighted by molar-refractivity contribution is 6.03. The predicted molar refractivity (Wildman–Crippen MR) is 138 cm³/mol. The Bertz CT molecular complexity index is 1500. The van der Waals surface area contributed by atoms with Gasteiger partial charge in [-0.15, -0.1) is 0 Å². The number of amides is 1. The second-order valence-electron chi connectivity index (χ2n) is 9.50. The van der Waals surface area contributed by atoms with Crippen LogP contribution in [0.25, 0.3) is 10.8 Å². The van der Waals surface area contributed by atoms with Crippen molar-refractivity contribution in [2.24, 2.45) is 0 Å². The minimum absolute atomic E-state index is 0.112. The Morgan fingerprint density at radius 2 is 1.69 bits per heavy atom. The number of hydrogen-bond acceptors (Lipinski definition) is 4. The van der Waals surface area contributed by atoms with Crippen molar-refractivity contribution in [1.29, 1.82) is 0 Å². The van der Waals surface area contributed by atoms with Crippen molar-refractivity contribution in [2.75, 3.05) is 13.7 Å². The molecule has 2 atom stereocenters. The maximum absolute atomic E-state index is 14.1. The minimum atomic E-state index is -1.04. The van der Waals surface area contributed by atoms with Crippen LogP contribution >= 0.6 is 0 Å². The lowest BCUT2D eigenvalue weighted by atomic mass is 9.69. The Morgan fingerprint density at radius 1 is 0.972 bits per heavy atom. The summed E-state index contributed by atoms with van der Waals surface area (Å²) in [7, 11) is 1.58. The standard InChI is InChI=1S/C31H27NO4/c1-3-36-30(34)31-18-23-15-21-11-7-8-12-22(21)16-25(23)28(31)32(19-20-9-5-4-6-10-20)29(33)26-17-24(35-2)13-14-27(26)31/h4-17,28H,3,18-19H2,1-2H3/t28-,31+/m1/s1. The van der Waals surface area contributed by atoms with Gasteiger partial charge in [0, 0.05) is 12.1 Å². The van der Waals surface area contributed by atoms with Gasteiger partial charge in [-0.1, -0.05) is 66.7 Å². The fourth-order valence-electron chi connectivity index (χ4n) is 6.04. The Morgan fingerprint density at radius 3 is 2.42 bits per heavy atom. The van der Waals surface area contributed by atoms with E-state index in [4.69, 9.17) is 9.47 Å². The molecule has 0 aromatic heterocycles. The fraction of sp³-hybridized carbons (Fsp3) is 0.226. The smallest absolute Gasteiger partial charge is 0.319 e. The fourth-order valence-corrected chi connectivity index (χ4v) is 6.04. The van der Waals surface area contributed by atoms with Crippen LogP contribution in [0.5, 0.6) is 5.75 Å². The Labute approximate surface area is 210 Å². The van der Waals surface area contributed by atoms with Gasteiger partial charge < -0.3 is 14.4 Å². The number of hydrogen-bond donors (Lipinski definition) is 0. The highest BCUT2D eigenvalue weighted by atomic mass is 16.5. The van der Waals surface area contributed by atoms with Crippen LogP contribution in [0.3, 0.4) is 0 Å². The first-order chi connectivity index (χ1) is 17.6. The molecule has 180 valence electrons. The largest absolute Gasteiger partial charge is 0.497 e. The van der Waals surface area contributed by atoms with E-state index in [0.29, 0.717) is 29.8 Å². The van der Waals surface area contributed by atoms with Crippen LogP contribution in [0, 0.1) is 0 Å². The third-order valence-corrected chi connectivity index (χ3v) is 7.58. The van der Waals surface area contributed by atoms with Crippen molar-refractivity contribution in [3.05, 3.63) is 113 Å². The molecule has 4 aromatic carbocycles. The number of nitrogens with zero attached hydrogens (tertiary/aromatic N) is 1. The quantitative estimate of drug-likeness (QED) is 0.351. The molecule has 0 spiro atoms. The molecule has 0 N–H and O–H groups in total. The number of carbonyl (C=O) groups is 2. The van der Waals surface area contributed by atoms with E-state index in [1.54, 1.807) is 13.2 Å². The molecule has 0 saturated heterocycles. The highest BCUT2D eigenvalue weighted by Gasteiger charge is 2.61. The number of benzene rings is 4. The number of esters is 1. The summed E-state index contributed by atoms with van der Waals surface area (Å²) in [6.07, 6.45) is 0.467. The molecule has 1 aliphatic carbocycles. The van der Waals surface area contributed by atoms with Gasteiger partial charge in [-0.25, -0.2) is 0 Å². The van der Waals surface area contributed by atoms with Crippen LogP contribution in [-0.4, -0.2) is 30.5 Å². The maximum Gasteiger partial charge on any atom is 0.319 e. The van der Waals surface area contributed by atoms with Crippen LogP contribution in [-0.2, 0) is 27.9 Å². The molecule has 1 amide bonds. The number of fused-ring (bicyclic) bond motifs is 6. The monoisotopic (exact) mass is 477 g/mol. The summed E-state index contributed by atoms with van der Waals surface area (Å²) in [5.41, 5.74) is 3.24. The van der Waals surface area contributed by atoms with Crippen LogP contribution in [0.2, 0.25) is 0 Å². The van der Waals surface area contributed by atoms with Gasteiger partial charge in [0.25, 0.3) is 5.91 Å². The lowest BCUT2D eigenvalue weighted by Gasteiger charge is -2.46. The summed E-state index contributed by atoms with van der Waals surface area (Å²) < 4.78 is 11.2. The second-order valence-corrected chi connectivity index (χ2v) is 9.50. The van der Waals surface area contributed by atoms with Gasteiger partial charge >= 0.3 is 5.97 Å². The summed E-state index contributed by atoms with van der Waals surface area (Å²) in [6.45, 7) is 2.47. The van der Waals surface area contributed by atoms with E-state index in [2.05, 4.69) is 24.3 Å². The second kappa shape index (κ2) is 8.52. The highest BCUT2D eigenvalue weighted by Crippen LogP contribution is 2.56. The minimum Gasteiger partial charge on any atom is -0.497 e. The molecule has 5 nitrogen and oxygen atoms in total. The van der Waals surface area contributed by atoms with E-state index in [1.165, 1.54) is 0 Å². The van der Waals surface area contributed by atoms with E-state index < -0.39 is 11.5 Å². The molecule has 6 rings (SSSR count). The first-order valence-electron chi connectivity index (χ1n) is 12.3. The van der Waals surface area contributed by atoms with Gasteiger partial charge in [-0.2, -0.15) is 0 Å². The van der Waals surface area contributed by atoms with Crippen LogP contribution in [0.4, 0.5) is 0 Å². The van der Waals surface area contributed by atoms with Gasteiger partial charge in [0.15, 0.2) is 0 Å². The molecule has 0 saturated carbocycles. The van der Waals surface area contributed by atoms with E-state index >= 15 is 0 Å². The first kappa shape index (κ1) is 22.4. The average molecular weight is 478 g/mol. The van der Waals surface area contributed by atoms with E-state index in [0.717, 1.165) is 27.5 Å². The lowest BCUT2D eigenvalue weighted by molar-refractivity contribution is -0.153. The van der Waals surface area contributed by atoms with Crippen molar-refractivity contribution < 1.29 is 19.1 Å². The topological polar surface area (TPSA) is 55.8 Å².